The minimum Gasteiger partial charge on any atom is -0.480 e. The van der Waals surface area contributed by atoms with E-state index in [0.717, 1.165) is 0 Å². The lowest BCUT2D eigenvalue weighted by atomic mass is 10.2. The molecule has 2 aromatic rings. The molecule has 1 atom stereocenters. The van der Waals surface area contributed by atoms with Crippen LogP contribution < -0.4 is 4.72 Å². The maximum atomic E-state index is 12.3. The van der Waals surface area contributed by atoms with Gasteiger partial charge in [-0.3, -0.25) is 4.79 Å². The molecule has 0 aliphatic rings. The summed E-state index contributed by atoms with van der Waals surface area (Å²) in [4.78, 5) is 17.7. The third-order valence-electron chi connectivity index (χ3n) is 2.49. The highest BCUT2D eigenvalue weighted by Crippen LogP contribution is 2.34. The number of hydrogen-bond donors (Lipinski definition) is 3. The predicted octanol–water partition coefficient (Wildman–Crippen LogP) is 1.97. The van der Waals surface area contributed by atoms with Crippen LogP contribution in [-0.4, -0.2) is 35.5 Å². The average molecular weight is 459 g/mol. The van der Waals surface area contributed by atoms with E-state index < -0.39 is 22.0 Å². The molecular formula is C10H9Br2N3O4S2. The Morgan fingerprint density at radius 1 is 1.52 bits per heavy atom. The summed E-state index contributed by atoms with van der Waals surface area (Å²) in [6, 6.07) is 0.118. The van der Waals surface area contributed by atoms with E-state index in [9.17, 15) is 18.3 Å². The Bertz CT molecular complexity index is 742. The minimum absolute atomic E-state index is 0.00441. The van der Waals surface area contributed by atoms with Gasteiger partial charge in [0.15, 0.2) is 0 Å². The molecule has 0 aromatic carbocycles. The normalized spacial score (nSPS) is 13.2. The summed E-state index contributed by atoms with van der Waals surface area (Å²) < 4.78 is 27.7. The zero-order valence-electron chi connectivity index (χ0n) is 10.2. The molecule has 7 nitrogen and oxygen atoms in total. The van der Waals surface area contributed by atoms with Gasteiger partial charge in [0.05, 0.1) is 13.9 Å². The van der Waals surface area contributed by atoms with Crippen LogP contribution in [0.1, 0.15) is 5.69 Å². The molecule has 0 spiro atoms. The number of thiophene rings is 1. The molecular weight excluding hydrogens is 450 g/mol. The first kappa shape index (κ1) is 16.6. The Labute approximate surface area is 141 Å². The number of imidazole rings is 1. The zero-order chi connectivity index (χ0) is 15.6. The Morgan fingerprint density at radius 3 is 2.71 bits per heavy atom. The first-order valence-corrected chi connectivity index (χ1v) is 9.35. The molecule has 0 amide bonds. The third-order valence-corrected chi connectivity index (χ3v) is 6.72. The van der Waals surface area contributed by atoms with Crippen molar-refractivity contribution < 1.29 is 18.3 Å². The zero-order valence-corrected chi connectivity index (χ0v) is 15.0. The van der Waals surface area contributed by atoms with Crippen LogP contribution in [0.4, 0.5) is 0 Å². The van der Waals surface area contributed by atoms with E-state index in [4.69, 9.17) is 0 Å². The lowest BCUT2D eigenvalue weighted by Gasteiger charge is -2.13. The number of H-pyrrole nitrogens is 1. The van der Waals surface area contributed by atoms with Crippen LogP contribution in [0.5, 0.6) is 0 Å². The summed E-state index contributed by atoms with van der Waals surface area (Å²) in [7, 11) is -3.95. The number of halogens is 2. The van der Waals surface area contributed by atoms with Gasteiger partial charge in [-0.2, -0.15) is 4.72 Å². The minimum atomic E-state index is -3.95. The van der Waals surface area contributed by atoms with Crippen molar-refractivity contribution >= 4 is 59.2 Å². The molecule has 2 aromatic heterocycles. The Balaban J connectivity index is 2.23. The van der Waals surface area contributed by atoms with E-state index in [1.54, 1.807) is 0 Å². The number of aliphatic carboxylic acids is 1. The third kappa shape index (κ3) is 4.13. The number of nitrogens with one attached hydrogen (secondary N) is 2. The summed E-state index contributed by atoms with van der Waals surface area (Å²) >= 11 is 7.52. The molecule has 114 valence electrons. The average Bonchev–Trinajstić information content (AvgIpc) is 2.98. The molecule has 0 saturated carbocycles. The van der Waals surface area contributed by atoms with Gasteiger partial charge in [-0.25, -0.2) is 13.4 Å². The Hall–Kier alpha value is -0.750. The molecule has 11 heteroatoms. The van der Waals surface area contributed by atoms with E-state index in [1.807, 2.05) is 0 Å². The largest absolute Gasteiger partial charge is 0.480 e. The van der Waals surface area contributed by atoms with E-state index in [-0.39, 0.29) is 11.3 Å². The van der Waals surface area contributed by atoms with Crippen molar-refractivity contribution in [2.45, 2.75) is 17.4 Å². The number of carbonyl (C=O) groups is 1. The van der Waals surface area contributed by atoms with Gasteiger partial charge in [-0.05, 0) is 37.9 Å². The van der Waals surface area contributed by atoms with Gasteiger partial charge in [-0.15, -0.1) is 11.3 Å². The highest BCUT2D eigenvalue weighted by molar-refractivity contribution is 9.12. The molecule has 21 heavy (non-hydrogen) atoms. The van der Waals surface area contributed by atoms with Crippen molar-refractivity contribution in [1.82, 2.24) is 14.7 Å². The molecule has 0 saturated heterocycles. The maximum absolute atomic E-state index is 12.3. The molecule has 1 unspecified atom stereocenters. The quantitative estimate of drug-likeness (QED) is 0.612. The van der Waals surface area contributed by atoms with Crippen molar-refractivity contribution in [3.8, 4) is 0 Å². The second kappa shape index (κ2) is 6.57. The van der Waals surface area contributed by atoms with Crippen molar-refractivity contribution in [1.29, 1.82) is 0 Å². The Kier molecular flexibility index (Phi) is 5.20. The van der Waals surface area contributed by atoms with Crippen molar-refractivity contribution in [3.63, 3.8) is 0 Å². The fourth-order valence-electron chi connectivity index (χ4n) is 1.55. The van der Waals surface area contributed by atoms with Crippen LogP contribution in [0.25, 0.3) is 0 Å². The van der Waals surface area contributed by atoms with Crippen LogP contribution in [0.15, 0.2) is 31.1 Å². The number of carboxylic acid groups (broad SMARTS) is 1. The van der Waals surface area contributed by atoms with Gasteiger partial charge < -0.3 is 10.1 Å². The van der Waals surface area contributed by atoms with Gasteiger partial charge in [0.25, 0.3) is 0 Å². The van der Waals surface area contributed by atoms with Gasteiger partial charge in [0.2, 0.25) is 10.0 Å². The first-order chi connectivity index (χ1) is 9.79. The van der Waals surface area contributed by atoms with Crippen molar-refractivity contribution in [3.05, 3.63) is 31.9 Å². The summed E-state index contributed by atoms with van der Waals surface area (Å²) in [6.45, 7) is 0. The topological polar surface area (TPSA) is 112 Å². The second-order valence-electron chi connectivity index (χ2n) is 3.98. The summed E-state index contributed by atoms with van der Waals surface area (Å²) in [5.41, 5.74) is 0.524. The van der Waals surface area contributed by atoms with Crippen LogP contribution in [0.2, 0.25) is 0 Å². The molecule has 3 N–H and O–H groups in total. The summed E-state index contributed by atoms with van der Waals surface area (Å²) in [6.07, 6.45) is 2.81. The number of nitrogens with zero attached hydrogens (tertiary/aromatic N) is 1. The van der Waals surface area contributed by atoms with Gasteiger partial charge in [0, 0.05) is 18.3 Å². The summed E-state index contributed by atoms with van der Waals surface area (Å²) in [5.74, 6) is -1.27. The van der Waals surface area contributed by atoms with Crippen molar-refractivity contribution in [2.24, 2.45) is 0 Å². The molecule has 0 aliphatic carbocycles. The van der Waals surface area contributed by atoms with Gasteiger partial charge >= 0.3 is 5.97 Å². The maximum Gasteiger partial charge on any atom is 0.322 e. The molecule has 0 bridgehead atoms. The summed E-state index contributed by atoms with van der Waals surface area (Å²) in [5, 5.41) is 9.18. The molecule has 0 aliphatic heterocycles. The fourth-order valence-corrected chi connectivity index (χ4v) is 6.56. The standard InChI is InChI=1S/C10H9Br2N3O4S2/c11-8-2-7(9(12)20-8)21(18,19)15-6(10(16)17)1-5-3-13-4-14-5/h2-4,6,15H,1H2,(H,13,14)(H,16,17). The van der Waals surface area contributed by atoms with E-state index in [1.165, 1.54) is 29.9 Å². The van der Waals surface area contributed by atoms with Crippen LogP contribution in [0.3, 0.4) is 0 Å². The van der Waals surface area contributed by atoms with Crippen LogP contribution in [-0.2, 0) is 21.2 Å². The molecule has 0 fully saturated rings. The predicted molar refractivity (Wildman–Crippen MR) is 83.8 cm³/mol. The van der Waals surface area contributed by atoms with Crippen molar-refractivity contribution in [2.75, 3.05) is 0 Å². The highest BCUT2D eigenvalue weighted by atomic mass is 79.9. The fraction of sp³-hybridized carbons (Fsp3) is 0.200. The van der Waals surface area contributed by atoms with Crippen LogP contribution >= 0.6 is 43.2 Å². The number of rotatable bonds is 6. The molecule has 0 radical (unpaired) electrons. The number of sulfonamides is 1. The number of aromatic nitrogens is 2. The first-order valence-electron chi connectivity index (χ1n) is 5.47. The highest BCUT2D eigenvalue weighted by Gasteiger charge is 2.28. The van der Waals surface area contributed by atoms with E-state index in [0.29, 0.717) is 13.3 Å². The molecule has 2 heterocycles. The van der Waals surface area contributed by atoms with E-state index >= 15 is 0 Å². The number of aromatic amines is 1. The number of carboxylic acids is 1. The van der Waals surface area contributed by atoms with Gasteiger partial charge in [-0.1, -0.05) is 0 Å². The van der Waals surface area contributed by atoms with Gasteiger partial charge in [0.1, 0.15) is 10.9 Å². The van der Waals surface area contributed by atoms with E-state index in [2.05, 4.69) is 46.5 Å². The monoisotopic (exact) mass is 457 g/mol. The lowest BCUT2D eigenvalue weighted by molar-refractivity contribution is -0.138. The second-order valence-corrected chi connectivity index (χ2v) is 9.41. The smallest absolute Gasteiger partial charge is 0.322 e. The SMILES string of the molecule is O=C(O)C(Cc1cnc[nH]1)NS(=O)(=O)c1cc(Br)sc1Br. The van der Waals surface area contributed by atoms with Crippen LogP contribution in [0, 0.1) is 0 Å². The molecule has 2 rings (SSSR count). The lowest BCUT2D eigenvalue weighted by Crippen LogP contribution is -2.42. The Morgan fingerprint density at radius 2 is 2.24 bits per heavy atom. The number of hydrogen-bond acceptors (Lipinski definition) is 5.